The maximum absolute atomic E-state index is 13.5. The van der Waals surface area contributed by atoms with Crippen molar-refractivity contribution in [2.24, 2.45) is 4.47 Å². The fraction of sp³-hybridized carbons (Fsp3) is 0.227. The summed E-state index contributed by atoms with van der Waals surface area (Å²) >= 11 is 4.93. The molecule has 0 spiro atoms. The second-order valence-corrected chi connectivity index (χ2v) is 8.54. The van der Waals surface area contributed by atoms with E-state index in [2.05, 4.69) is 38.9 Å². The van der Waals surface area contributed by atoms with Gasteiger partial charge in [-0.25, -0.2) is 9.99 Å². The van der Waals surface area contributed by atoms with Crippen molar-refractivity contribution in [1.82, 2.24) is 35.1 Å². The Balaban J connectivity index is 1.44. The van der Waals surface area contributed by atoms with E-state index >= 15 is 0 Å². The quantitative estimate of drug-likeness (QED) is 0.539. The largest absolute Gasteiger partial charge is 0.412 e. The lowest BCUT2D eigenvalue weighted by molar-refractivity contribution is 0.0616. The van der Waals surface area contributed by atoms with Crippen LogP contribution in [0, 0.1) is 6.92 Å². The molecule has 0 fully saturated rings. The van der Waals surface area contributed by atoms with Gasteiger partial charge in [0.15, 0.2) is 0 Å². The number of allylic oxidation sites excluding steroid dienone is 3. The van der Waals surface area contributed by atoms with Crippen LogP contribution in [-0.4, -0.2) is 47.5 Å². The van der Waals surface area contributed by atoms with Crippen molar-refractivity contribution in [3.63, 3.8) is 0 Å². The Morgan fingerprint density at radius 3 is 3.12 bits per heavy atom. The van der Waals surface area contributed by atoms with E-state index in [-0.39, 0.29) is 23.7 Å². The number of pyridine rings is 1. The number of nitrogens with one attached hydrogen (secondary N) is 1. The molecule has 3 aromatic rings. The number of rotatable bonds is 5. The number of hydrogen-bond donors (Lipinski definition) is 1. The van der Waals surface area contributed by atoms with E-state index in [1.807, 2.05) is 37.3 Å². The van der Waals surface area contributed by atoms with E-state index in [1.54, 1.807) is 28.5 Å². The van der Waals surface area contributed by atoms with E-state index in [0.717, 1.165) is 28.2 Å². The van der Waals surface area contributed by atoms with Gasteiger partial charge in [-0.1, -0.05) is 25.9 Å². The minimum Gasteiger partial charge on any atom is -0.412 e. The molecule has 2 aliphatic rings. The van der Waals surface area contributed by atoms with Crippen molar-refractivity contribution in [3.8, 4) is 11.5 Å². The number of carbonyl (C=O) groups is 1. The molecule has 1 N–H and O–H groups in total. The molecule has 2 atom stereocenters. The van der Waals surface area contributed by atoms with E-state index in [1.165, 1.54) is 0 Å². The predicted molar refractivity (Wildman–Crippen MR) is 130 cm³/mol. The average molecular weight is 493 g/mol. The van der Waals surface area contributed by atoms with Crippen molar-refractivity contribution in [2.45, 2.75) is 25.8 Å². The second-order valence-electron chi connectivity index (χ2n) is 7.79. The van der Waals surface area contributed by atoms with Crippen LogP contribution in [0.2, 0.25) is 0 Å². The Hall–Kier alpha value is -3.56. The summed E-state index contributed by atoms with van der Waals surface area (Å²) in [5, 5.41) is 9.77. The van der Waals surface area contributed by atoms with Crippen molar-refractivity contribution in [1.29, 1.82) is 0 Å². The van der Waals surface area contributed by atoms with Crippen molar-refractivity contribution < 1.29 is 9.21 Å². The van der Waals surface area contributed by atoms with E-state index < -0.39 is 0 Å². The third-order valence-electron chi connectivity index (χ3n) is 5.81. The molecular formula is C22H21N8O2PS. The molecule has 0 radical (unpaired) electrons. The first-order chi connectivity index (χ1) is 16.6. The van der Waals surface area contributed by atoms with Crippen molar-refractivity contribution in [3.05, 3.63) is 83.1 Å². The molecule has 172 valence electrons. The van der Waals surface area contributed by atoms with Gasteiger partial charge >= 0.3 is 11.8 Å². The van der Waals surface area contributed by atoms with E-state index in [0.29, 0.717) is 24.9 Å². The summed E-state index contributed by atoms with van der Waals surface area (Å²) in [4.78, 5) is 27.1. The summed E-state index contributed by atoms with van der Waals surface area (Å²) in [5.41, 5.74) is 4.94. The number of aromatic amines is 1. The number of fused-ring (bicyclic) bond motifs is 1. The van der Waals surface area contributed by atoms with E-state index in [9.17, 15) is 4.79 Å². The molecule has 34 heavy (non-hydrogen) atoms. The van der Waals surface area contributed by atoms with Crippen LogP contribution in [0.4, 0.5) is 0 Å². The maximum Gasteiger partial charge on any atom is 0.312 e. The summed E-state index contributed by atoms with van der Waals surface area (Å²) < 4.78 is 9.69. The van der Waals surface area contributed by atoms with Crippen LogP contribution in [0.15, 0.2) is 69.0 Å². The van der Waals surface area contributed by atoms with Crippen molar-refractivity contribution in [2.75, 3.05) is 6.54 Å². The molecule has 3 aromatic heterocycles. The molecule has 1 unspecified atom stereocenters. The van der Waals surface area contributed by atoms with Gasteiger partial charge in [0.1, 0.15) is 0 Å². The number of hydrogen-bond acceptors (Lipinski definition) is 8. The number of aromatic nitrogens is 5. The highest BCUT2D eigenvalue weighted by molar-refractivity contribution is 7.47. The van der Waals surface area contributed by atoms with Gasteiger partial charge in [-0.05, 0) is 37.6 Å². The minimum absolute atomic E-state index is 0.0650. The van der Waals surface area contributed by atoms with Gasteiger partial charge in [0.25, 0.3) is 0 Å². The zero-order chi connectivity index (χ0) is 23.7. The monoisotopic (exact) mass is 492 g/mol. The summed E-state index contributed by atoms with van der Waals surface area (Å²) in [6.45, 7) is 2.34. The van der Waals surface area contributed by atoms with Gasteiger partial charge in [-0.2, -0.15) is 0 Å². The standard InChI is InChI=1S/C22H21N8O2PS/c1-13-15(5-3-10-23-13)20-26-27-21(32-20)22(31)29-11-9-16-19(25-12-24-16)17(29)8-7-14-4-2-6-18(33)30(14)28-34/h2-7,10,12,17H,8-9,11,33H2,1H3,(H,24,25)/b14-7-/t17-/m0/s1. The molecule has 0 saturated carbocycles. The Bertz CT molecular complexity index is 1340. The molecule has 10 nitrogen and oxygen atoms in total. The predicted octanol–water partition coefficient (Wildman–Crippen LogP) is 3.41. The Kier molecular flexibility index (Phi) is 6.12. The molecule has 12 heteroatoms. The number of aryl methyl sites for hydroxylation is 1. The van der Waals surface area contributed by atoms with Crippen LogP contribution in [0.5, 0.6) is 0 Å². The summed E-state index contributed by atoms with van der Waals surface area (Å²) in [6, 6.07) is 3.30. The summed E-state index contributed by atoms with van der Waals surface area (Å²) in [7, 11) is 2.61. The third kappa shape index (κ3) is 4.08. The Morgan fingerprint density at radius 1 is 1.41 bits per heavy atom. The van der Waals surface area contributed by atoms with Gasteiger partial charge in [0, 0.05) is 30.6 Å². The summed E-state index contributed by atoms with van der Waals surface area (Å²) in [6.07, 6.45) is 12.2. The number of imidazole rings is 1. The number of carbonyl (C=O) groups excluding carboxylic acids is 1. The molecule has 0 bridgehead atoms. The van der Waals surface area contributed by atoms with Crippen LogP contribution in [0.3, 0.4) is 0 Å². The molecule has 1 amide bonds. The van der Waals surface area contributed by atoms with Gasteiger partial charge in [0.05, 0.1) is 47.2 Å². The highest BCUT2D eigenvalue weighted by Gasteiger charge is 2.35. The molecule has 5 heterocycles. The zero-order valence-corrected chi connectivity index (χ0v) is 20.2. The van der Waals surface area contributed by atoms with Crippen molar-refractivity contribution >= 4 is 27.6 Å². The molecule has 0 aromatic carbocycles. The Morgan fingerprint density at radius 2 is 2.29 bits per heavy atom. The number of nitrogens with zero attached hydrogens (tertiary/aromatic N) is 7. The first kappa shape index (κ1) is 22.2. The normalized spacial score (nSPS) is 18.7. The first-order valence-corrected chi connectivity index (χ1v) is 11.6. The highest BCUT2D eigenvalue weighted by atomic mass is 32.1. The maximum atomic E-state index is 13.5. The third-order valence-corrected chi connectivity index (χ3v) is 6.41. The lowest BCUT2D eigenvalue weighted by Crippen LogP contribution is -2.40. The van der Waals surface area contributed by atoms with Crippen LogP contribution < -0.4 is 0 Å². The lowest BCUT2D eigenvalue weighted by atomic mass is 9.99. The second kappa shape index (κ2) is 9.36. The molecule has 5 rings (SSSR count). The van der Waals surface area contributed by atoms with E-state index in [4.69, 9.17) is 16.8 Å². The molecule has 2 aliphatic heterocycles. The lowest BCUT2D eigenvalue weighted by Gasteiger charge is -2.34. The molecule has 0 saturated heterocycles. The van der Waals surface area contributed by atoms with Gasteiger partial charge in [-0.3, -0.25) is 9.78 Å². The SMILES string of the molecule is Cc1ncccc1-c1nnc(C(=O)N2CCc3[nH]cnc3[C@@H]2C/C=C2/C=CC=C(P)N2N=S)o1. The fourth-order valence-corrected chi connectivity index (χ4v) is 4.70. The van der Waals surface area contributed by atoms with Crippen LogP contribution in [0.1, 0.15) is 40.2 Å². The van der Waals surface area contributed by atoms with Gasteiger partial charge < -0.3 is 14.3 Å². The van der Waals surface area contributed by atoms with Crippen LogP contribution in [-0.2, 0) is 18.8 Å². The minimum atomic E-state index is -0.340. The zero-order valence-electron chi connectivity index (χ0n) is 18.3. The van der Waals surface area contributed by atoms with Crippen LogP contribution >= 0.6 is 9.24 Å². The smallest absolute Gasteiger partial charge is 0.312 e. The fourth-order valence-electron chi connectivity index (χ4n) is 4.11. The molecule has 0 aliphatic carbocycles. The van der Waals surface area contributed by atoms with Gasteiger partial charge in [0.2, 0.25) is 5.89 Å². The highest BCUT2D eigenvalue weighted by Crippen LogP contribution is 2.34. The topological polar surface area (TPSA) is 116 Å². The Labute approximate surface area is 203 Å². The number of amides is 1. The first-order valence-electron chi connectivity index (χ1n) is 10.6. The molecular weight excluding hydrogens is 471 g/mol. The number of H-pyrrole nitrogens is 1. The summed E-state index contributed by atoms with van der Waals surface area (Å²) in [5.74, 6) is -0.141. The van der Waals surface area contributed by atoms with Crippen LogP contribution in [0.25, 0.3) is 11.5 Å². The van der Waals surface area contributed by atoms with Gasteiger partial charge in [-0.15, -0.1) is 10.2 Å². The average Bonchev–Trinajstić information content (AvgIpc) is 3.52.